The minimum Gasteiger partial charge on any atom is 0 e. The first kappa shape index (κ1) is 22.8. The first-order chi connectivity index (χ1) is 2.00. The maximum atomic E-state index is 7.33. The standard InChI is InChI=1S/AsH3.H4O4Si.H2O.W/c;1-5(2,3)4;;/h1H3;1-4H;1H2;. The minimum absolute atomic E-state index is 0. The summed E-state index contributed by atoms with van der Waals surface area (Å²) < 4.78 is 0. The van der Waals surface area contributed by atoms with Crippen LogP contribution in [-0.4, -0.2) is 51.7 Å². The summed E-state index contributed by atoms with van der Waals surface area (Å²) in [5, 5.41) is 0. The molecule has 0 rings (SSSR count). The van der Waals surface area contributed by atoms with Crippen molar-refractivity contribution < 1.29 is 45.7 Å². The molecule has 0 aliphatic heterocycles. The van der Waals surface area contributed by atoms with Gasteiger partial charge in [-0.3, -0.25) is 0 Å². The largest absolute Gasteiger partial charge is 0 e. The molecule has 0 spiro atoms. The SMILES string of the molecule is O.O[Si](O)(O)O.[AsH3].[W]. The molecule has 0 amide bonds. The molecule has 0 aliphatic carbocycles. The van der Waals surface area contributed by atoms with Crippen LogP contribution < -0.4 is 0 Å². The molecule has 8 heteroatoms. The van der Waals surface area contributed by atoms with Gasteiger partial charge in [-0.15, -0.1) is 0 Å². The smallest absolute Gasteiger partial charge is 0 e. The summed E-state index contributed by atoms with van der Waals surface area (Å²) in [6.45, 7) is 0. The van der Waals surface area contributed by atoms with Gasteiger partial charge in [-0.2, -0.15) is 0 Å². The van der Waals surface area contributed by atoms with Crippen molar-refractivity contribution in [2.45, 2.75) is 0 Å². The third-order valence-electron chi connectivity index (χ3n) is 0. The van der Waals surface area contributed by atoms with Crippen LogP contribution in [0, 0.1) is 0 Å². The average molecular weight is 376 g/mol. The molecule has 0 saturated carbocycles. The van der Waals surface area contributed by atoms with Gasteiger partial charge in [-0.25, -0.2) is 0 Å². The van der Waals surface area contributed by atoms with Crippen LogP contribution in [0.15, 0.2) is 0 Å². The quantitative estimate of drug-likeness (QED) is 0.319. The van der Waals surface area contributed by atoms with Crippen LogP contribution in [0.5, 0.6) is 0 Å². The first-order valence-electron chi connectivity index (χ1n) is 0.894. The third-order valence-corrected chi connectivity index (χ3v) is 0. The molecule has 8 heavy (non-hydrogen) atoms. The van der Waals surface area contributed by atoms with Gasteiger partial charge in [0, 0.05) is 21.1 Å². The molecule has 1 unspecified atom stereocenters. The molecule has 5 nitrogen and oxygen atoms in total. The Morgan fingerprint density at radius 2 is 0.875 bits per heavy atom. The van der Waals surface area contributed by atoms with Gasteiger partial charge in [0.1, 0.15) is 0 Å². The Morgan fingerprint density at radius 1 is 0.875 bits per heavy atom. The van der Waals surface area contributed by atoms with Crippen LogP contribution in [0.1, 0.15) is 0 Å². The van der Waals surface area contributed by atoms with E-state index < -0.39 is 9.05 Å². The van der Waals surface area contributed by atoms with Gasteiger partial charge in [0.2, 0.25) is 0 Å². The predicted octanol–water partition coefficient (Wildman–Crippen LogP) is -4.62. The van der Waals surface area contributed by atoms with Gasteiger partial charge in [-0.05, 0) is 0 Å². The van der Waals surface area contributed by atoms with E-state index in [0.717, 1.165) is 0 Å². The van der Waals surface area contributed by atoms with Crippen molar-refractivity contribution in [3.63, 3.8) is 0 Å². The first-order valence-corrected chi connectivity index (χ1v) is 2.68. The fourth-order valence-electron chi connectivity index (χ4n) is 0. The van der Waals surface area contributed by atoms with Crippen LogP contribution in [0.4, 0.5) is 0 Å². The van der Waals surface area contributed by atoms with Crippen molar-refractivity contribution in [1.29, 1.82) is 0 Å². The Morgan fingerprint density at radius 3 is 0.875 bits per heavy atom. The molecular formula is H9AsO5SiW. The van der Waals surface area contributed by atoms with E-state index in [9.17, 15) is 0 Å². The molecular weight excluding hydrogens is 367 g/mol. The molecule has 54 valence electrons. The van der Waals surface area contributed by atoms with Crippen LogP contribution in [-0.2, 0) is 21.1 Å². The monoisotopic (exact) mass is 376 g/mol. The summed E-state index contributed by atoms with van der Waals surface area (Å²) in [6, 6.07) is 0. The summed E-state index contributed by atoms with van der Waals surface area (Å²) in [5.74, 6) is 0. The van der Waals surface area contributed by atoms with E-state index >= 15 is 0 Å². The Labute approximate surface area is 72.7 Å². The van der Waals surface area contributed by atoms with Crippen molar-refractivity contribution in [3.8, 4) is 0 Å². The van der Waals surface area contributed by atoms with Crippen molar-refractivity contribution >= 4 is 27.0 Å². The van der Waals surface area contributed by atoms with Crippen molar-refractivity contribution in [1.82, 2.24) is 0 Å². The zero-order valence-electron chi connectivity index (χ0n) is 3.90. The van der Waals surface area contributed by atoms with Gasteiger partial charge in [0.15, 0.2) is 0 Å². The topological polar surface area (TPSA) is 112 Å². The van der Waals surface area contributed by atoms with E-state index in [1.807, 2.05) is 0 Å². The second-order valence-corrected chi connectivity index (χ2v) is 1.80. The zero-order valence-corrected chi connectivity index (χ0v) is 10.8. The molecule has 0 aromatic heterocycles. The van der Waals surface area contributed by atoms with Gasteiger partial charge < -0.3 is 24.7 Å². The Bertz CT molecular complexity index is 27.9. The van der Waals surface area contributed by atoms with Crippen LogP contribution >= 0.6 is 0 Å². The molecule has 0 aromatic carbocycles. The third kappa shape index (κ3) is 178. The fourth-order valence-corrected chi connectivity index (χ4v) is 0. The molecule has 1 atom stereocenters. The summed E-state index contributed by atoms with van der Waals surface area (Å²) in [5.41, 5.74) is 0. The predicted molar refractivity (Wildman–Crippen MR) is 28.2 cm³/mol. The van der Waals surface area contributed by atoms with Gasteiger partial charge in [0.25, 0.3) is 0 Å². The van der Waals surface area contributed by atoms with E-state index in [2.05, 4.69) is 0 Å². The molecule has 0 saturated heterocycles. The number of rotatable bonds is 0. The van der Waals surface area contributed by atoms with Crippen molar-refractivity contribution in [2.24, 2.45) is 0 Å². The Balaban J connectivity index is -0.0000000267. The molecule has 0 heterocycles. The summed E-state index contributed by atoms with van der Waals surface area (Å²) >= 11 is 0. The van der Waals surface area contributed by atoms with E-state index in [4.69, 9.17) is 19.2 Å². The molecule has 0 fully saturated rings. The molecule has 0 radical (unpaired) electrons. The zero-order chi connectivity index (χ0) is 4.50. The number of hydrogen-bond acceptors (Lipinski definition) is 4. The van der Waals surface area contributed by atoms with Crippen molar-refractivity contribution in [3.05, 3.63) is 0 Å². The van der Waals surface area contributed by atoms with E-state index in [0.29, 0.717) is 0 Å². The van der Waals surface area contributed by atoms with E-state index in [1.54, 1.807) is 0 Å². The second kappa shape index (κ2) is 8.26. The molecule has 0 aromatic rings. The Hall–Kier alpha value is 1.26. The van der Waals surface area contributed by atoms with Crippen LogP contribution in [0.2, 0.25) is 0 Å². The maximum absolute atomic E-state index is 7.33. The van der Waals surface area contributed by atoms with Gasteiger partial charge in [0.05, 0.1) is 0 Å². The molecule has 6 N–H and O–H groups in total. The minimum atomic E-state index is -4.61. The summed E-state index contributed by atoms with van der Waals surface area (Å²) in [6.07, 6.45) is 0. The van der Waals surface area contributed by atoms with E-state index in [1.165, 1.54) is 0 Å². The van der Waals surface area contributed by atoms with Crippen LogP contribution in [0.25, 0.3) is 0 Å². The summed E-state index contributed by atoms with van der Waals surface area (Å²) in [7, 11) is -4.61. The number of hydrogen-bond donors (Lipinski definition) is 4. The van der Waals surface area contributed by atoms with Crippen molar-refractivity contribution in [2.75, 3.05) is 0 Å². The normalized spacial score (nSPS) is 7.50. The molecule has 0 aliphatic rings. The average Bonchev–Trinajstić information content (AvgIpc) is 0.722. The van der Waals surface area contributed by atoms with Gasteiger partial charge >= 0.3 is 27.0 Å². The van der Waals surface area contributed by atoms with E-state index in [-0.39, 0.29) is 44.5 Å². The van der Waals surface area contributed by atoms with Crippen LogP contribution in [0.3, 0.4) is 0 Å². The fraction of sp³-hybridized carbons (Fsp3) is 0. The summed E-state index contributed by atoms with van der Waals surface area (Å²) in [4.78, 5) is 29.3. The second-order valence-electron chi connectivity index (χ2n) is 0.600. The Kier molecular flexibility index (Phi) is 23.6. The maximum Gasteiger partial charge on any atom is 0 e. The van der Waals surface area contributed by atoms with Gasteiger partial charge in [-0.1, -0.05) is 0 Å². The molecule has 0 bridgehead atoms.